The van der Waals surface area contributed by atoms with Gasteiger partial charge in [0.1, 0.15) is 24.7 Å². The second kappa shape index (κ2) is 6.02. The van der Waals surface area contributed by atoms with Crippen LogP contribution in [0, 0.1) is 18.8 Å². The van der Waals surface area contributed by atoms with E-state index >= 15 is 0 Å². The molecule has 0 bridgehead atoms. The summed E-state index contributed by atoms with van der Waals surface area (Å²) in [6, 6.07) is 1.42. The number of nitrogens with two attached hydrogens (primary N) is 2. The summed E-state index contributed by atoms with van der Waals surface area (Å²) in [6.45, 7) is 0.0601. The smallest absolute Gasteiger partial charge is 0.351 e. The molecule has 0 amide bonds. The van der Waals surface area contributed by atoms with Gasteiger partial charge in [-0.3, -0.25) is 4.57 Å². The van der Waals surface area contributed by atoms with Crippen LogP contribution in [0.5, 0.6) is 0 Å². The highest BCUT2D eigenvalue weighted by molar-refractivity contribution is 5.31. The van der Waals surface area contributed by atoms with Gasteiger partial charge in [-0.1, -0.05) is 11.8 Å². The van der Waals surface area contributed by atoms with Crippen LogP contribution in [0.25, 0.3) is 0 Å². The Labute approximate surface area is 125 Å². The molecule has 0 aliphatic carbocycles. The number of nitrogens with zero attached hydrogens (tertiary/aromatic N) is 2. The normalized spacial score (nSPS) is 30.9. The molecule has 4 atom stereocenters. The molecule has 8 nitrogen and oxygen atoms in total. The SMILES string of the molecule is Cc1cc(N)nc(=O)n1[C@@H]1OC(CO)[C@H](O)C1(N)C#CCF. The number of aliphatic hydroxyl groups excluding tert-OH is 2. The number of anilines is 1. The molecule has 120 valence electrons. The van der Waals surface area contributed by atoms with Gasteiger partial charge in [0, 0.05) is 5.69 Å². The largest absolute Gasteiger partial charge is 0.394 e. The fourth-order valence-electron chi connectivity index (χ4n) is 2.46. The van der Waals surface area contributed by atoms with Gasteiger partial charge in [0.2, 0.25) is 0 Å². The van der Waals surface area contributed by atoms with Gasteiger partial charge < -0.3 is 26.4 Å². The third-order valence-electron chi connectivity index (χ3n) is 3.51. The van der Waals surface area contributed by atoms with Crippen LogP contribution < -0.4 is 17.2 Å². The van der Waals surface area contributed by atoms with Crippen LogP contribution in [0.15, 0.2) is 10.9 Å². The van der Waals surface area contributed by atoms with Crippen molar-refractivity contribution in [2.24, 2.45) is 5.73 Å². The molecule has 1 aliphatic heterocycles. The Morgan fingerprint density at radius 3 is 2.86 bits per heavy atom. The number of aryl methyl sites for hydroxylation is 1. The maximum atomic E-state index is 12.4. The minimum Gasteiger partial charge on any atom is -0.394 e. The van der Waals surface area contributed by atoms with Gasteiger partial charge in [-0.15, -0.1) is 0 Å². The van der Waals surface area contributed by atoms with Crippen LogP contribution >= 0.6 is 0 Å². The molecule has 22 heavy (non-hydrogen) atoms. The van der Waals surface area contributed by atoms with E-state index in [9.17, 15) is 19.4 Å². The lowest BCUT2D eigenvalue weighted by molar-refractivity contribution is -0.0483. The van der Waals surface area contributed by atoms with E-state index in [0.717, 1.165) is 4.57 Å². The maximum absolute atomic E-state index is 12.4. The predicted octanol–water partition coefficient (Wildman–Crippen LogP) is -1.95. The van der Waals surface area contributed by atoms with Gasteiger partial charge in [-0.05, 0) is 13.0 Å². The van der Waals surface area contributed by atoms with Crippen molar-refractivity contribution in [3.05, 3.63) is 22.2 Å². The predicted molar refractivity (Wildman–Crippen MR) is 75.3 cm³/mol. The van der Waals surface area contributed by atoms with Crippen molar-refractivity contribution < 1.29 is 19.3 Å². The van der Waals surface area contributed by atoms with Crippen LogP contribution in [-0.4, -0.2) is 50.8 Å². The van der Waals surface area contributed by atoms with Gasteiger partial charge in [0.05, 0.1) is 6.61 Å². The second-order valence-corrected chi connectivity index (χ2v) is 5.00. The Morgan fingerprint density at radius 2 is 2.32 bits per heavy atom. The van der Waals surface area contributed by atoms with Crippen molar-refractivity contribution in [3.8, 4) is 11.8 Å². The summed E-state index contributed by atoms with van der Waals surface area (Å²) in [5, 5.41) is 19.5. The summed E-state index contributed by atoms with van der Waals surface area (Å²) in [5.74, 6) is 4.54. The summed E-state index contributed by atoms with van der Waals surface area (Å²) in [6.07, 6.45) is -3.71. The molecule has 9 heteroatoms. The van der Waals surface area contributed by atoms with Crippen molar-refractivity contribution in [3.63, 3.8) is 0 Å². The molecule has 0 radical (unpaired) electrons. The summed E-state index contributed by atoms with van der Waals surface area (Å²) in [5.41, 5.74) is 9.42. The van der Waals surface area contributed by atoms with Gasteiger partial charge in [-0.25, -0.2) is 9.18 Å². The topological polar surface area (TPSA) is 137 Å². The average Bonchev–Trinajstić information content (AvgIpc) is 2.69. The van der Waals surface area contributed by atoms with E-state index in [2.05, 4.69) is 16.8 Å². The molecule has 1 saturated heterocycles. The zero-order valence-electron chi connectivity index (χ0n) is 11.9. The number of aliphatic hydroxyl groups is 2. The molecule has 0 spiro atoms. The molecular formula is C13H17FN4O4. The Balaban J connectivity index is 2.59. The van der Waals surface area contributed by atoms with Crippen LogP contribution in [0.2, 0.25) is 0 Å². The fourth-order valence-corrected chi connectivity index (χ4v) is 2.46. The number of ether oxygens (including phenoxy) is 1. The minimum atomic E-state index is -1.77. The van der Waals surface area contributed by atoms with Crippen molar-refractivity contribution in [2.75, 3.05) is 19.0 Å². The van der Waals surface area contributed by atoms with Gasteiger partial charge in [0.25, 0.3) is 0 Å². The van der Waals surface area contributed by atoms with E-state index < -0.39 is 42.9 Å². The second-order valence-electron chi connectivity index (χ2n) is 5.00. The number of hydrogen-bond donors (Lipinski definition) is 4. The van der Waals surface area contributed by atoms with Gasteiger partial charge in [0.15, 0.2) is 11.8 Å². The summed E-state index contributed by atoms with van der Waals surface area (Å²) in [4.78, 5) is 15.7. The lowest BCUT2D eigenvalue weighted by Crippen LogP contribution is -2.55. The molecule has 2 unspecified atom stereocenters. The quantitative estimate of drug-likeness (QED) is 0.466. The number of nitrogen functional groups attached to an aromatic ring is 1. The number of rotatable bonds is 2. The third kappa shape index (κ3) is 2.57. The van der Waals surface area contributed by atoms with Crippen molar-refractivity contribution in [1.29, 1.82) is 0 Å². The average molecular weight is 312 g/mol. The monoisotopic (exact) mass is 312 g/mol. The van der Waals surface area contributed by atoms with Crippen LogP contribution in [-0.2, 0) is 4.74 Å². The van der Waals surface area contributed by atoms with Gasteiger partial charge >= 0.3 is 5.69 Å². The first-order valence-corrected chi connectivity index (χ1v) is 6.50. The van der Waals surface area contributed by atoms with Crippen molar-refractivity contribution >= 4 is 5.82 Å². The van der Waals surface area contributed by atoms with Crippen LogP contribution in [0.4, 0.5) is 10.2 Å². The minimum absolute atomic E-state index is 0.0217. The first-order valence-electron chi connectivity index (χ1n) is 6.50. The first kappa shape index (κ1) is 16.4. The lowest BCUT2D eigenvalue weighted by atomic mass is 9.91. The molecule has 1 aliphatic rings. The van der Waals surface area contributed by atoms with Crippen LogP contribution in [0.1, 0.15) is 11.9 Å². The van der Waals surface area contributed by atoms with E-state index in [0.29, 0.717) is 5.69 Å². The molecule has 2 heterocycles. The molecule has 1 aromatic rings. The van der Waals surface area contributed by atoms with E-state index in [1.165, 1.54) is 6.07 Å². The lowest BCUT2D eigenvalue weighted by Gasteiger charge is -2.28. The van der Waals surface area contributed by atoms with Crippen molar-refractivity contribution in [1.82, 2.24) is 9.55 Å². The van der Waals surface area contributed by atoms with E-state index in [1.807, 2.05) is 0 Å². The number of hydrogen-bond acceptors (Lipinski definition) is 7. The summed E-state index contributed by atoms with van der Waals surface area (Å²) >= 11 is 0. The summed E-state index contributed by atoms with van der Waals surface area (Å²) < 4.78 is 18.9. The van der Waals surface area contributed by atoms with E-state index in [1.54, 1.807) is 6.92 Å². The number of aromatic nitrogens is 2. The highest BCUT2D eigenvalue weighted by atomic mass is 19.1. The molecule has 1 aromatic heterocycles. The highest BCUT2D eigenvalue weighted by Crippen LogP contribution is 2.36. The molecular weight excluding hydrogens is 295 g/mol. The fraction of sp³-hybridized carbons (Fsp3) is 0.538. The Kier molecular flexibility index (Phi) is 4.48. The summed E-state index contributed by atoms with van der Waals surface area (Å²) in [7, 11) is 0. The van der Waals surface area contributed by atoms with Crippen LogP contribution in [0.3, 0.4) is 0 Å². The Hall–Kier alpha value is -1.99. The zero-order valence-corrected chi connectivity index (χ0v) is 11.9. The molecule has 0 aromatic carbocycles. The maximum Gasteiger partial charge on any atom is 0.351 e. The van der Waals surface area contributed by atoms with Crippen molar-refractivity contribution in [2.45, 2.75) is 30.9 Å². The van der Waals surface area contributed by atoms with E-state index in [4.69, 9.17) is 16.2 Å². The third-order valence-corrected chi connectivity index (χ3v) is 3.51. The number of alkyl halides is 1. The molecule has 1 fully saturated rings. The molecule has 6 N–H and O–H groups in total. The zero-order chi connectivity index (χ0) is 16.5. The number of halogens is 1. The Morgan fingerprint density at radius 1 is 1.64 bits per heavy atom. The first-order chi connectivity index (χ1) is 10.3. The van der Waals surface area contributed by atoms with Gasteiger partial charge in [-0.2, -0.15) is 4.98 Å². The molecule has 0 saturated carbocycles. The van der Waals surface area contributed by atoms with E-state index in [-0.39, 0.29) is 5.82 Å². The Bertz CT molecular complexity index is 683. The standard InChI is InChI=1S/C13H17FN4O4/c1-7-5-9(15)17-12(21)18(7)11-13(16,3-2-4-14)10(20)8(6-19)22-11/h5,8,10-11,19-20H,4,6,16H2,1H3,(H2,15,17,21)/t8?,10-,11+,13?/m0/s1. The molecule has 2 rings (SSSR count). The highest BCUT2D eigenvalue weighted by Gasteiger charge is 2.54.